The number of alkyl halides is 1. The number of halogens is 3. The van der Waals surface area contributed by atoms with Crippen molar-refractivity contribution in [1.29, 1.82) is 0 Å². The molecule has 1 amide bonds. The fraction of sp³-hybridized carbons (Fsp3) is 0.421. The minimum atomic E-state index is -0.0647. The average molecular weight is 387 g/mol. The maximum atomic E-state index is 11.8. The number of allylic oxidation sites excluding steroid dienone is 3. The number of benzene rings is 1. The minimum absolute atomic E-state index is 0.0426. The van der Waals surface area contributed by atoms with Crippen molar-refractivity contribution in [3.63, 3.8) is 0 Å². The van der Waals surface area contributed by atoms with Crippen LogP contribution in [0.15, 0.2) is 42.0 Å². The van der Waals surface area contributed by atoms with E-state index in [9.17, 15) is 4.79 Å². The van der Waals surface area contributed by atoms with Crippen molar-refractivity contribution in [1.82, 2.24) is 5.32 Å². The molecule has 1 aromatic rings. The summed E-state index contributed by atoms with van der Waals surface area (Å²) in [7, 11) is 0. The van der Waals surface area contributed by atoms with Gasteiger partial charge in [0.2, 0.25) is 5.91 Å². The van der Waals surface area contributed by atoms with Crippen LogP contribution in [0.4, 0.5) is 0 Å². The molecule has 2 nitrogen and oxygen atoms in total. The Balaban J connectivity index is 1.94. The second-order valence-electron chi connectivity index (χ2n) is 6.61. The summed E-state index contributed by atoms with van der Waals surface area (Å²) in [4.78, 5) is 11.8. The molecule has 0 heterocycles. The highest BCUT2D eigenvalue weighted by atomic mass is 35.5. The number of hydrogen-bond acceptors (Lipinski definition) is 1. The molecule has 0 radical (unpaired) electrons. The molecular weight excluding hydrogens is 365 g/mol. The first-order chi connectivity index (χ1) is 11.3. The van der Waals surface area contributed by atoms with Crippen LogP contribution in [0.3, 0.4) is 0 Å². The highest BCUT2D eigenvalue weighted by Gasteiger charge is 2.48. The third-order valence-corrected chi connectivity index (χ3v) is 5.24. The lowest BCUT2D eigenvalue weighted by Crippen LogP contribution is -2.25. The predicted molar refractivity (Wildman–Crippen MR) is 103 cm³/mol. The molecule has 1 aliphatic rings. The molecule has 1 saturated carbocycles. The molecule has 0 aliphatic heterocycles. The highest BCUT2D eigenvalue weighted by Crippen LogP contribution is 2.53. The summed E-state index contributed by atoms with van der Waals surface area (Å²) in [6.45, 7) is 6.71. The van der Waals surface area contributed by atoms with Gasteiger partial charge in [0, 0.05) is 29.8 Å². The molecule has 2 rings (SSSR count). The maximum absolute atomic E-state index is 11.8. The first-order valence-corrected chi connectivity index (χ1v) is 9.22. The Bertz CT molecular complexity index is 667. The number of carbonyl (C=O) groups is 1. The Morgan fingerprint density at radius 1 is 1.29 bits per heavy atom. The molecule has 0 saturated heterocycles. The number of amides is 1. The van der Waals surface area contributed by atoms with Crippen LogP contribution in [0, 0.1) is 11.8 Å². The molecular formula is C19H22Cl3NO. The van der Waals surface area contributed by atoms with Gasteiger partial charge in [-0.1, -0.05) is 55.3 Å². The van der Waals surface area contributed by atoms with Crippen molar-refractivity contribution < 1.29 is 4.79 Å². The van der Waals surface area contributed by atoms with Crippen LogP contribution in [0.1, 0.15) is 32.3 Å². The zero-order valence-corrected chi connectivity index (χ0v) is 16.3. The molecule has 1 unspecified atom stereocenters. The molecule has 0 aromatic heterocycles. The molecule has 0 spiro atoms. The lowest BCUT2D eigenvalue weighted by molar-refractivity contribution is -0.116. The fourth-order valence-electron chi connectivity index (χ4n) is 2.52. The smallest absolute Gasteiger partial charge is 0.244 e. The van der Waals surface area contributed by atoms with E-state index in [1.807, 2.05) is 25.1 Å². The van der Waals surface area contributed by atoms with Gasteiger partial charge in [0.15, 0.2) is 0 Å². The van der Waals surface area contributed by atoms with E-state index in [4.69, 9.17) is 34.8 Å². The van der Waals surface area contributed by atoms with E-state index >= 15 is 0 Å². The molecule has 1 aromatic carbocycles. The molecule has 24 heavy (non-hydrogen) atoms. The molecule has 1 fully saturated rings. The summed E-state index contributed by atoms with van der Waals surface area (Å²) in [6, 6.07) is 5.64. The Morgan fingerprint density at radius 3 is 2.62 bits per heavy atom. The Morgan fingerprint density at radius 2 is 2.00 bits per heavy atom. The van der Waals surface area contributed by atoms with Crippen LogP contribution in [0.25, 0.3) is 0 Å². The quantitative estimate of drug-likeness (QED) is 0.385. The van der Waals surface area contributed by atoms with Gasteiger partial charge in [0.1, 0.15) is 0 Å². The number of rotatable bonds is 6. The van der Waals surface area contributed by atoms with Gasteiger partial charge in [-0.3, -0.25) is 4.79 Å². The van der Waals surface area contributed by atoms with Gasteiger partial charge in [-0.15, -0.1) is 11.6 Å². The van der Waals surface area contributed by atoms with Crippen LogP contribution in [0.2, 0.25) is 10.0 Å². The van der Waals surface area contributed by atoms with Crippen molar-refractivity contribution in [2.75, 3.05) is 6.54 Å². The van der Waals surface area contributed by atoms with Gasteiger partial charge in [-0.2, -0.15) is 0 Å². The second kappa shape index (κ2) is 8.42. The van der Waals surface area contributed by atoms with E-state index in [1.54, 1.807) is 12.1 Å². The summed E-state index contributed by atoms with van der Waals surface area (Å²) in [5.74, 6) is 0.852. The topological polar surface area (TPSA) is 29.1 Å². The third kappa shape index (κ3) is 5.27. The maximum Gasteiger partial charge on any atom is 0.244 e. The van der Waals surface area contributed by atoms with Gasteiger partial charge in [-0.25, -0.2) is 0 Å². The largest absolute Gasteiger partial charge is 0.352 e. The molecule has 1 N–H and O–H groups in total. The zero-order valence-electron chi connectivity index (χ0n) is 14.0. The molecule has 1 aliphatic carbocycles. The van der Waals surface area contributed by atoms with E-state index in [1.165, 1.54) is 0 Å². The van der Waals surface area contributed by atoms with E-state index in [0.29, 0.717) is 22.5 Å². The van der Waals surface area contributed by atoms with Gasteiger partial charge in [-0.05, 0) is 36.1 Å². The first kappa shape index (κ1) is 19.4. The zero-order chi connectivity index (χ0) is 17.9. The lowest BCUT2D eigenvalue weighted by Gasteiger charge is -2.04. The van der Waals surface area contributed by atoms with Crippen LogP contribution in [0.5, 0.6) is 0 Å². The van der Waals surface area contributed by atoms with Gasteiger partial charge in [0.25, 0.3) is 0 Å². The summed E-state index contributed by atoms with van der Waals surface area (Å²) >= 11 is 18.4. The molecule has 3 atom stereocenters. The van der Waals surface area contributed by atoms with Gasteiger partial charge < -0.3 is 5.32 Å². The third-order valence-electron chi connectivity index (χ3n) is 3.94. The van der Waals surface area contributed by atoms with Crippen LogP contribution in [-0.4, -0.2) is 17.8 Å². The van der Waals surface area contributed by atoms with E-state index in [0.717, 1.165) is 11.1 Å². The van der Waals surface area contributed by atoms with Gasteiger partial charge in [0.05, 0.1) is 10.0 Å². The highest BCUT2D eigenvalue weighted by molar-refractivity contribution is 6.42. The monoisotopic (exact) mass is 385 g/mol. The Kier molecular flexibility index (Phi) is 6.79. The van der Waals surface area contributed by atoms with Crippen LogP contribution < -0.4 is 5.32 Å². The van der Waals surface area contributed by atoms with Gasteiger partial charge >= 0.3 is 0 Å². The number of nitrogens with one attached hydrogen (secondary N) is 1. The van der Waals surface area contributed by atoms with Crippen molar-refractivity contribution in [3.8, 4) is 0 Å². The van der Waals surface area contributed by atoms with E-state index < -0.39 is 0 Å². The summed E-state index contributed by atoms with van der Waals surface area (Å²) in [5, 5.41) is 4.00. The lowest BCUT2D eigenvalue weighted by atomic mass is 10.1. The summed E-state index contributed by atoms with van der Waals surface area (Å²) in [5.41, 5.74) is 2.00. The standard InChI is InChI=1S/C19H22Cl3NO/c1-11(2)10-23-17(24)8-12(3)4-6-14-18(19(14)22)13-5-7-15(20)16(21)9-13/h4-9,11,14,18-19H,10H2,1-3H3,(H,23,24)/b6-4+,12-8+/t14?,18-,19-/m0/s1. The molecule has 0 bridgehead atoms. The predicted octanol–water partition coefficient (Wildman–Crippen LogP) is 5.59. The van der Waals surface area contributed by atoms with Crippen molar-refractivity contribution in [3.05, 3.63) is 57.6 Å². The van der Waals surface area contributed by atoms with E-state index in [-0.39, 0.29) is 23.1 Å². The Labute approximate surface area is 158 Å². The van der Waals surface area contributed by atoms with Crippen LogP contribution in [-0.2, 0) is 4.79 Å². The SMILES string of the molecule is CC(/C=C/C1[C@H](Cl)[C@H]1c1ccc(Cl)c(Cl)c1)=C\C(=O)NCC(C)C. The van der Waals surface area contributed by atoms with Crippen molar-refractivity contribution in [2.45, 2.75) is 32.1 Å². The average Bonchev–Trinajstić information content (AvgIpc) is 3.16. The second-order valence-corrected chi connectivity index (χ2v) is 7.93. The number of carbonyl (C=O) groups excluding carboxylic acids is 1. The normalized spacial score (nSPS) is 23.8. The van der Waals surface area contributed by atoms with Crippen LogP contribution >= 0.6 is 34.8 Å². The Hall–Kier alpha value is -0.960. The van der Waals surface area contributed by atoms with Crippen molar-refractivity contribution >= 4 is 40.7 Å². The van der Waals surface area contributed by atoms with Crippen molar-refractivity contribution in [2.24, 2.45) is 11.8 Å². The minimum Gasteiger partial charge on any atom is -0.352 e. The summed E-state index contributed by atoms with van der Waals surface area (Å²) < 4.78 is 0. The summed E-state index contributed by atoms with van der Waals surface area (Å²) in [6.07, 6.45) is 5.62. The molecule has 130 valence electrons. The van der Waals surface area contributed by atoms with E-state index in [2.05, 4.69) is 25.2 Å². The number of hydrogen-bond donors (Lipinski definition) is 1. The fourth-order valence-corrected chi connectivity index (χ4v) is 3.30. The first-order valence-electron chi connectivity index (χ1n) is 8.03. The molecule has 5 heteroatoms.